The molecule has 144 valence electrons. The van der Waals surface area contributed by atoms with Crippen LogP contribution in [-0.4, -0.2) is 44.2 Å². The Bertz CT molecular complexity index is 774. The number of hydrogen-bond donors (Lipinski definition) is 1. The van der Waals surface area contributed by atoms with Crippen molar-refractivity contribution in [1.29, 1.82) is 0 Å². The maximum absolute atomic E-state index is 12.9. The van der Waals surface area contributed by atoms with Gasteiger partial charge in [0, 0.05) is 25.7 Å². The third-order valence-corrected chi connectivity index (χ3v) is 5.52. The normalized spacial score (nSPS) is 15.4. The van der Waals surface area contributed by atoms with Gasteiger partial charge in [-0.2, -0.15) is 0 Å². The van der Waals surface area contributed by atoms with Crippen LogP contribution in [0.25, 0.3) is 0 Å². The van der Waals surface area contributed by atoms with Crippen LogP contribution >= 0.6 is 15.9 Å². The number of amides is 1. The fourth-order valence-electron chi connectivity index (χ4n) is 3.46. The molecule has 2 aromatic carbocycles. The number of rotatable bonds is 6. The first-order chi connectivity index (χ1) is 13.1. The number of likely N-dealkylation sites (tertiary alicyclic amines) is 1. The molecule has 2 aromatic rings. The van der Waals surface area contributed by atoms with Gasteiger partial charge in [-0.1, -0.05) is 30.3 Å². The molecule has 3 rings (SSSR count). The summed E-state index contributed by atoms with van der Waals surface area (Å²) < 4.78 is 11.5. The van der Waals surface area contributed by atoms with Crippen LogP contribution in [0.4, 0.5) is 0 Å². The summed E-state index contributed by atoms with van der Waals surface area (Å²) in [7, 11) is 3.11. The topological polar surface area (TPSA) is 50.8 Å². The van der Waals surface area contributed by atoms with Crippen molar-refractivity contribution in [2.24, 2.45) is 0 Å². The molecule has 0 unspecified atom stereocenters. The van der Waals surface area contributed by atoms with Gasteiger partial charge in [0.05, 0.1) is 18.7 Å². The second-order valence-corrected chi connectivity index (χ2v) is 7.52. The van der Waals surface area contributed by atoms with Gasteiger partial charge in [0.25, 0.3) is 5.91 Å². The van der Waals surface area contributed by atoms with E-state index in [0.717, 1.165) is 36.9 Å². The van der Waals surface area contributed by atoms with Crippen LogP contribution < -0.4 is 14.8 Å². The molecule has 0 aliphatic carbocycles. The van der Waals surface area contributed by atoms with E-state index >= 15 is 0 Å². The average molecular weight is 433 g/mol. The zero-order chi connectivity index (χ0) is 19.2. The van der Waals surface area contributed by atoms with Crippen molar-refractivity contribution in [2.45, 2.75) is 25.4 Å². The van der Waals surface area contributed by atoms with Crippen molar-refractivity contribution in [1.82, 2.24) is 10.2 Å². The average Bonchev–Trinajstić information content (AvgIpc) is 2.70. The Kier molecular flexibility index (Phi) is 6.74. The zero-order valence-electron chi connectivity index (χ0n) is 15.7. The quantitative estimate of drug-likeness (QED) is 0.752. The second-order valence-electron chi connectivity index (χ2n) is 6.67. The van der Waals surface area contributed by atoms with Crippen molar-refractivity contribution >= 4 is 21.8 Å². The third kappa shape index (κ3) is 4.82. The number of methoxy groups -OCH3 is 2. The highest BCUT2D eigenvalue weighted by Crippen LogP contribution is 2.35. The van der Waals surface area contributed by atoms with Crippen molar-refractivity contribution in [3.8, 4) is 11.5 Å². The summed E-state index contributed by atoms with van der Waals surface area (Å²) in [5, 5.41) is 3.15. The lowest BCUT2D eigenvalue weighted by Crippen LogP contribution is -2.44. The smallest absolute Gasteiger partial charge is 0.259 e. The second kappa shape index (κ2) is 9.24. The molecule has 1 saturated heterocycles. The van der Waals surface area contributed by atoms with Crippen molar-refractivity contribution in [3.63, 3.8) is 0 Å². The molecule has 0 atom stereocenters. The van der Waals surface area contributed by atoms with E-state index in [1.807, 2.05) is 12.1 Å². The molecule has 0 saturated carbocycles. The summed E-state index contributed by atoms with van der Waals surface area (Å²) in [5.74, 6) is 0.842. The molecule has 1 aliphatic heterocycles. The Morgan fingerprint density at radius 1 is 1.11 bits per heavy atom. The number of carbonyl (C=O) groups excluding carboxylic acids is 1. The molecule has 0 aromatic heterocycles. The molecule has 0 spiro atoms. The molecule has 27 heavy (non-hydrogen) atoms. The van der Waals surface area contributed by atoms with E-state index in [4.69, 9.17) is 9.47 Å². The van der Waals surface area contributed by atoms with Crippen LogP contribution in [0.2, 0.25) is 0 Å². The highest BCUT2D eigenvalue weighted by Gasteiger charge is 2.25. The van der Waals surface area contributed by atoms with E-state index in [9.17, 15) is 4.79 Å². The molecule has 5 nitrogen and oxygen atoms in total. The maximum Gasteiger partial charge on any atom is 0.259 e. The maximum atomic E-state index is 12.9. The largest absolute Gasteiger partial charge is 0.496 e. The van der Waals surface area contributed by atoms with Gasteiger partial charge in [0.15, 0.2) is 0 Å². The number of carbonyl (C=O) groups is 1. The Balaban J connectivity index is 1.61. The van der Waals surface area contributed by atoms with E-state index in [1.165, 1.54) is 5.56 Å². The minimum absolute atomic E-state index is 0.151. The summed E-state index contributed by atoms with van der Waals surface area (Å²) in [6.45, 7) is 2.88. The van der Waals surface area contributed by atoms with E-state index in [2.05, 4.69) is 50.4 Å². The molecule has 1 aliphatic rings. The lowest BCUT2D eigenvalue weighted by Gasteiger charge is -2.32. The fraction of sp³-hybridized carbons (Fsp3) is 0.381. The lowest BCUT2D eigenvalue weighted by molar-refractivity contribution is 0.0902. The number of nitrogens with one attached hydrogen (secondary N) is 1. The predicted octanol–water partition coefficient (Wildman–Crippen LogP) is 3.86. The molecule has 0 radical (unpaired) electrons. The molecular formula is C21H25BrN2O3. The van der Waals surface area contributed by atoms with Gasteiger partial charge in [-0.05, 0) is 46.5 Å². The molecular weight excluding hydrogens is 408 g/mol. The van der Waals surface area contributed by atoms with Gasteiger partial charge in [-0.3, -0.25) is 9.69 Å². The molecule has 1 heterocycles. The van der Waals surface area contributed by atoms with Crippen molar-refractivity contribution < 1.29 is 14.3 Å². The van der Waals surface area contributed by atoms with Gasteiger partial charge in [-0.25, -0.2) is 0 Å². The van der Waals surface area contributed by atoms with Crippen molar-refractivity contribution in [3.05, 3.63) is 58.1 Å². The van der Waals surface area contributed by atoms with Crippen molar-refractivity contribution in [2.75, 3.05) is 27.3 Å². The van der Waals surface area contributed by atoms with Crippen LogP contribution in [0.15, 0.2) is 46.9 Å². The number of benzene rings is 2. The summed E-state index contributed by atoms with van der Waals surface area (Å²) in [6, 6.07) is 14.2. The fourth-order valence-corrected chi connectivity index (χ4v) is 3.95. The number of hydrogen-bond acceptors (Lipinski definition) is 4. The third-order valence-electron chi connectivity index (χ3n) is 4.89. The lowest BCUT2D eigenvalue weighted by atomic mass is 10.0. The van der Waals surface area contributed by atoms with Crippen LogP contribution in [-0.2, 0) is 6.54 Å². The van der Waals surface area contributed by atoms with E-state index in [-0.39, 0.29) is 11.9 Å². The minimum atomic E-state index is -0.161. The van der Waals surface area contributed by atoms with Crippen LogP contribution in [0.3, 0.4) is 0 Å². The Morgan fingerprint density at radius 2 is 1.81 bits per heavy atom. The number of nitrogens with zero attached hydrogens (tertiary/aromatic N) is 1. The van der Waals surface area contributed by atoms with Crippen LogP contribution in [0, 0.1) is 0 Å². The summed E-state index contributed by atoms with van der Waals surface area (Å²) >= 11 is 3.44. The van der Waals surface area contributed by atoms with E-state index < -0.39 is 0 Å². The Labute approximate surface area is 168 Å². The van der Waals surface area contributed by atoms with Gasteiger partial charge in [0.1, 0.15) is 17.1 Å². The van der Waals surface area contributed by atoms with E-state index in [0.29, 0.717) is 17.1 Å². The Hall–Kier alpha value is -2.05. The SMILES string of the molecule is COc1ccc(Br)c(OC)c1C(=O)NC1CCN(Cc2ccccc2)CC1. The summed E-state index contributed by atoms with van der Waals surface area (Å²) in [4.78, 5) is 15.3. The first-order valence-electron chi connectivity index (χ1n) is 9.10. The first-order valence-corrected chi connectivity index (χ1v) is 9.89. The Morgan fingerprint density at radius 3 is 2.44 bits per heavy atom. The molecule has 1 amide bonds. The molecule has 1 fully saturated rings. The number of ether oxygens (including phenoxy) is 2. The highest BCUT2D eigenvalue weighted by molar-refractivity contribution is 9.10. The minimum Gasteiger partial charge on any atom is -0.496 e. The van der Waals surface area contributed by atoms with Crippen LogP contribution in [0.5, 0.6) is 11.5 Å². The van der Waals surface area contributed by atoms with Gasteiger partial charge in [0.2, 0.25) is 0 Å². The molecule has 0 bridgehead atoms. The highest BCUT2D eigenvalue weighted by atomic mass is 79.9. The standard InChI is InChI=1S/C21H25BrN2O3/c1-26-18-9-8-17(22)20(27-2)19(18)21(25)23-16-10-12-24(13-11-16)14-15-6-4-3-5-7-15/h3-9,16H,10-14H2,1-2H3,(H,23,25). The summed E-state index contributed by atoms with van der Waals surface area (Å²) in [5.41, 5.74) is 1.75. The number of piperidine rings is 1. The summed E-state index contributed by atoms with van der Waals surface area (Å²) in [6.07, 6.45) is 1.86. The first kappa shape index (κ1) is 19.7. The molecule has 1 N–H and O–H groups in total. The van der Waals surface area contributed by atoms with Gasteiger partial charge in [-0.15, -0.1) is 0 Å². The van der Waals surface area contributed by atoms with E-state index in [1.54, 1.807) is 20.3 Å². The zero-order valence-corrected chi connectivity index (χ0v) is 17.3. The molecule has 6 heteroatoms. The monoisotopic (exact) mass is 432 g/mol. The van der Waals surface area contributed by atoms with Gasteiger partial charge >= 0.3 is 0 Å². The predicted molar refractivity (Wildman–Crippen MR) is 109 cm³/mol. The number of halogens is 1. The van der Waals surface area contributed by atoms with Gasteiger partial charge < -0.3 is 14.8 Å². The van der Waals surface area contributed by atoms with Crippen LogP contribution in [0.1, 0.15) is 28.8 Å².